The average molecular weight is 1420 g/mol. The van der Waals surface area contributed by atoms with Gasteiger partial charge in [0.2, 0.25) is 0 Å². The smallest absolute Gasteiger partial charge is 0.416 e. The lowest BCUT2D eigenvalue weighted by Gasteiger charge is -2.27. The van der Waals surface area contributed by atoms with E-state index in [1.54, 1.807) is 131 Å². The van der Waals surface area contributed by atoms with Crippen LogP contribution in [0.25, 0.3) is 0 Å². The molecule has 0 bridgehead atoms. The van der Waals surface area contributed by atoms with Crippen LogP contribution in [-0.2, 0) is 47.0 Å². The van der Waals surface area contributed by atoms with E-state index in [2.05, 4.69) is 75.3 Å². The number of methoxy groups -OCH3 is 2. The molecule has 0 aliphatic rings. The Morgan fingerprint density at radius 3 is 1.24 bits per heavy atom. The summed E-state index contributed by atoms with van der Waals surface area (Å²) < 4.78 is 14.5. The summed E-state index contributed by atoms with van der Waals surface area (Å²) in [5.74, 6) is 2.04. The first-order valence-corrected chi connectivity index (χ1v) is 30.4. The number of nitrogen functional groups attached to an aromatic ring is 1. The fraction of sp³-hybridized carbons (Fsp3) is 0.164. The van der Waals surface area contributed by atoms with Crippen LogP contribution in [0.15, 0.2) is 184 Å². The number of ether oxygens (including phenoxy) is 3. The Morgan fingerprint density at radius 1 is 0.485 bits per heavy atom. The van der Waals surface area contributed by atoms with Gasteiger partial charge in [0.1, 0.15) is 34.7 Å². The minimum Gasteiger partial charge on any atom is -0.465 e. The van der Waals surface area contributed by atoms with Gasteiger partial charge in [-0.2, -0.15) is 0 Å². The second-order valence-corrected chi connectivity index (χ2v) is 22.3. The van der Waals surface area contributed by atoms with E-state index in [1.165, 1.54) is 62.5 Å². The fourth-order valence-corrected chi connectivity index (χ4v) is 8.05. The number of rotatable bonds is 18. The fourth-order valence-electron chi connectivity index (χ4n) is 7.15. The van der Waals surface area contributed by atoms with Crippen molar-refractivity contribution in [1.82, 2.24) is 49.8 Å². The van der Waals surface area contributed by atoms with E-state index in [1.807, 2.05) is 30.3 Å². The van der Waals surface area contributed by atoms with Crippen molar-refractivity contribution in [3.05, 3.63) is 265 Å². The molecule has 502 valence electrons. The number of aldehydes is 3. The largest absolute Gasteiger partial charge is 0.465 e. The highest BCUT2D eigenvalue weighted by Crippen LogP contribution is 2.24. The molecule has 30 heteroatoms. The van der Waals surface area contributed by atoms with E-state index in [9.17, 15) is 28.8 Å². The topological polar surface area (TPSA) is 345 Å². The molecule has 25 nitrogen and oxygen atoms in total. The summed E-state index contributed by atoms with van der Waals surface area (Å²) in [5.41, 5.74) is 11.3. The van der Waals surface area contributed by atoms with Gasteiger partial charge in [-0.1, -0.05) is 64.1 Å². The number of hydrogen-bond acceptors (Lipinski definition) is 24. The van der Waals surface area contributed by atoms with Crippen molar-refractivity contribution < 1.29 is 48.1 Å². The van der Waals surface area contributed by atoms with Crippen LogP contribution in [0.5, 0.6) is 0 Å². The third kappa shape index (κ3) is 27.7. The number of carbonyl (C=O) groups excluding carboxylic acids is 6. The molecule has 0 aliphatic heterocycles. The van der Waals surface area contributed by atoms with Crippen LogP contribution in [0.2, 0.25) is 25.1 Å². The molecule has 0 aliphatic carbocycles. The predicted octanol–water partition coefficient (Wildman–Crippen LogP) is 13.2. The molecule has 0 radical (unpaired) electrons. The molecule has 10 aromatic heterocycles. The van der Waals surface area contributed by atoms with Gasteiger partial charge in [0, 0.05) is 129 Å². The first-order valence-electron chi connectivity index (χ1n) is 28.5. The van der Waals surface area contributed by atoms with Crippen LogP contribution in [0, 0.1) is 0 Å². The lowest BCUT2D eigenvalue weighted by Crippen LogP contribution is -2.37. The van der Waals surface area contributed by atoms with Crippen LogP contribution in [0.1, 0.15) is 100 Å². The highest BCUT2D eigenvalue weighted by Gasteiger charge is 2.25. The number of aromatic nitrogens is 10. The number of nitrogens with one attached hydrogen (secondary N) is 3. The second-order valence-electron chi connectivity index (χ2n) is 20.3. The van der Waals surface area contributed by atoms with E-state index >= 15 is 0 Å². The number of aliphatic hydroxyl groups excluding tert-OH is 1. The van der Waals surface area contributed by atoms with Gasteiger partial charge in [0.15, 0.2) is 18.9 Å². The number of amides is 1. The molecule has 0 saturated carbocycles. The quantitative estimate of drug-likeness (QED) is 0.0303. The van der Waals surface area contributed by atoms with Crippen molar-refractivity contribution in [2.75, 3.05) is 40.8 Å². The van der Waals surface area contributed by atoms with Gasteiger partial charge in [0.05, 0.1) is 63.6 Å². The molecule has 10 aromatic rings. The average Bonchev–Trinajstić information content (AvgIpc) is 0.932. The molecule has 10 rings (SSSR count). The number of nitrogens with zero attached hydrogens (tertiary/aromatic N) is 11. The standard InChI is InChI=1S/C17H18ClN3O3.C13H12ClN3O2.C12H12ClN3O.C12H10ClN3O.C7H8N2O2.C6H4ClNO/c1-17(2,3)24-16(23)21(10-13-6-7-19-9-14(13)18)15-5-4-12(11-22)8-20-15;1-19-13(18)10-2-3-12(17-7-10)16-6-9-4-5-15-8-11(9)14;2*13-11-7-14-4-3-10(11)6-16-12-2-1-9(8-17)5-15-12;1-11-7(10)5-2-3-6(8)9-4-5;7-6-3-8-2-1-5(6)4-9/h4-9,11H,10H2,1-3H3;2-5,7-8H,6H2,1H3,(H,16,17);1-5,7,17H,6,8H2,(H,15,16);1-5,7-8H,6H2,(H,15,16);2-4H,1H3,(H2,8,9);1-4H. The van der Waals surface area contributed by atoms with Crippen molar-refractivity contribution in [2.45, 2.75) is 59.2 Å². The predicted molar refractivity (Wildman–Crippen MR) is 371 cm³/mol. The maximum Gasteiger partial charge on any atom is 0.416 e. The molecule has 0 unspecified atom stereocenters. The van der Waals surface area contributed by atoms with E-state index in [0.29, 0.717) is 114 Å². The number of carbonyl (C=O) groups is 6. The summed E-state index contributed by atoms with van der Waals surface area (Å²) in [5, 5.41) is 20.9. The molecule has 6 N–H and O–H groups in total. The Labute approximate surface area is 583 Å². The first kappa shape index (κ1) is 77.0. The Hall–Kier alpha value is -10.7. The van der Waals surface area contributed by atoms with Crippen molar-refractivity contribution >= 4 is 124 Å². The van der Waals surface area contributed by atoms with Gasteiger partial charge in [-0.05, 0) is 134 Å². The Bertz CT molecular complexity index is 4110. The van der Waals surface area contributed by atoms with E-state index < -0.39 is 23.6 Å². The van der Waals surface area contributed by atoms with E-state index in [-0.39, 0.29) is 13.2 Å². The van der Waals surface area contributed by atoms with Gasteiger partial charge in [-0.15, -0.1) is 0 Å². The first-order chi connectivity index (χ1) is 46.7. The number of nitrogens with two attached hydrogens (primary N) is 1. The molecule has 97 heavy (non-hydrogen) atoms. The zero-order chi connectivity index (χ0) is 70.5. The summed E-state index contributed by atoms with van der Waals surface area (Å²) >= 11 is 29.6. The normalized spacial score (nSPS) is 10.1. The lowest BCUT2D eigenvalue weighted by atomic mass is 10.2. The molecule has 0 fully saturated rings. The zero-order valence-corrected chi connectivity index (χ0v) is 56.4. The van der Waals surface area contributed by atoms with Crippen LogP contribution in [-0.4, -0.2) is 112 Å². The number of aliphatic hydroxyl groups is 1. The minimum absolute atomic E-state index is 0.00344. The van der Waals surface area contributed by atoms with E-state index in [4.69, 9.17) is 73.6 Å². The van der Waals surface area contributed by atoms with Crippen molar-refractivity contribution in [2.24, 2.45) is 0 Å². The van der Waals surface area contributed by atoms with Crippen LogP contribution < -0.4 is 26.6 Å². The number of hydrogen-bond donors (Lipinski definition) is 5. The highest BCUT2D eigenvalue weighted by atomic mass is 35.5. The summed E-state index contributed by atoms with van der Waals surface area (Å²) in [7, 11) is 2.65. The maximum absolute atomic E-state index is 12.6. The molecular formula is C67H64Cl5N15O10. The van der Waals surface area contributed by atoms with Crippen LogP contribution >= 0.6 is 58.0 Å². The summed E-state index contributed by atoms with van der Waals surface area (Å²) in [4.78, 5) is 107. The molecule has 0 spiro atoms. The SMILES string of the molecule is CC(C)(C)OC(=O)N(Cc1ccncc1Cl)c1ccc(C=O)cn1.COC(=O)c1ccc(N)nc1.COC(=O)c1ccc(NCc2ccncc2Cl)nc1.O=Cc1ccc(NCc2ccncc2Cl)nc1.O=Cc1ccncc1Cl.OCc1ccc(NCc2ccncc2Cl)nc1. The monoisotopic (exact) mass is 1410 g/mol. The number of esters is 2. The van der Waals surface area contributed by atoms with Crippen molar-refractivity contribution in [3.8, 4) is 0 Å². The maximum atomic E-state index is 12.6. The van der Waals surface area contributed by atoms with Gasteiger partial charge in [-0.25, -0.2) is 39.3 Å². The molecule has 10 heterocycles. The second kappa shape index (κ2) is 41.2. The number of anilines is 5. The Balaban J connectivity index is 0.000000215. The molecule has 0 aromatic carbocycles. The van der Waals surface area contributed by atoms with Gasteiger partial charge in [0.25, 0.3) is 0 Å². The third-order valence-electron chi connectivity index (χ3n) is 12.2. The highest BCUT2D eigenvalue weighted by molar-refractivity contribution is 6.33. The van der Waals surface area contributed by atoms with Gasteiger partial charge < -0.3 is 41.0 Å². The van der Waals surface area contributed by atoms with Crippen LogP contribution in [0.4, 0.5) is 33.9 Å². The van der Waals surface area contributed by atoms with Gasteiger partial charge >= 0.3 is 18.0 Å². The van der Waals surface area contributed by atoms with Gasteiger partial charge in [-0.3, -0.25) is 44.2 Å². The molecule has 0 atom stereocenters. The molecular weight excluding hydrogens is 1350 g/mol. The zero-order valence-electron chi connectivity index (χ0n) is 52.6. The Morgan fingerprint density at radius 2 is 0.897 bits per heavy atom. The third-order valence-corrected chi connectivity index (χ3v) is 13.9. The summed E-state index contributed by atoms with van der Waals surface area (Å²) in [6.45, 7) is 7.21. The van der Waals surface area contributed by atoms with Crippen LogP contribution in [0.3, 0.4) is 0 Å². The van der Waals surface area contributed by atoms with Crippen molar-refractivity contribution in [1.29, 1.82) is 0 Å². The Kier molecular flexibility index (Phi) is 32.7. The minimum atomic E-state index is -0.653. The summed E-state index contributed by atoms with van der Waals surface area (Å²) in [6.07, 6.45) is 24.9. The summed E-state index contributed by atoms with van der Waals surface area (Å²) in [6, 6.07) is 25.6. The van der Waals surface area contributed by atoms with E-state index in [0.717, 1.165) is 34.4 Å². The molecule has 0 saturated heterocycles. The lowest BCUT2D eigenvalue weighted by molar-refractivity contribution is 0.0571. The number of pyridine rings is 10. The molecule has 1 amide bonds. The van der Waals surface area contributed by atoms with Crippen molar-refractivity contribution in [3.63, 3.8) is 0 Å². The number of halogens is 5.